The van der Waals surface area contributed by atoms with Gasteiger partial charge in [0.25, 0.3) is 0 Å². The molecule has 1 aromatic carbocycles. The van der Waals surface area contributed by atoms with Gasteiger partial charge in [0.15, 0.2) is 0 Å². The SMILES string of the molecule is CC(C)(C)C(=O)N1CCCC1C(=O)Nc1ccccc1O. The number of benzene rings is 1. The van der Waals surface area contributed by atoms with Crippen molar-refractivity contribution in [2.45, 2.75) is 39.7 Å². The van der Waals surface area contributed by atoms with Crippen LogP contribution in [0.5, 0.6) is 5.75 Å². The molecule has 2 N–H and O–H groups in total. The highest BCUT2D eigenvalue weighted by Gasteiger charge is 2.38. The fraction of sp³-hybridized carbons (Fsp3) is 0.500. The first-order valence-electron chi connectivity index (χ1n) is 7.20. The Kier molecular flexibility index (Phi) is 4.21. The van der Waals surface area contributed by atoms with E-state index in [1.807, 2.05) is 20.8 Å². The lowest BCUT2D eigenvalue weighted by Crippen LogP contribution is -2.47. The molecule has 0 radical (unpaired) electrons. The van der Waals surface area contributed by atoms with Gasteiger partial charge < -0.3 is 15.3 Å². The molecule has 1 fully saturated rings. The minimum atomic E-state index is -0.502. The lowest BCUT2D eigenvalue weighted by atomic mass is 9.94. The summed E-state index contributed by atoms with van der Waals surface area (Å²) in [7, 11) is 0. The van der Waals surface area contributed by atoms with Crippen LogP contribution in [0.15, 0.2) is 24.3 Å². The van der Waals surface area contributed by atoms with Crippen molar-refractivity contribution in [3.8, 4) is 5.75 Å². The summed E-state index contributed by atoms with van der Waals surface area (Å²) in [5.74, 6) is -0.235. The molecule has 5 heteroatoms. The Morgan fingerprint density at radius 2 is 1.95 bits per heavy atom. The predicted octanol–water partition coefficient (Wildman–Crippen LogP) is 2.37. The molecule has 0 aromatic heterocycles. The molecule has 0 spiro atoms. The summed E-state index contributed by atoms with van der Waals surface area (Å²) in [5.41, 5.74) is -0.129. The third-order valence-corrected chi connectivity index (χ3v) is 3.62. The number of nitrogens with one attached hydrogen (secondary N) is 1. The number of para-hydroxylation sites is 2. The van der Waals surface area contributed by atoms with Crippen LogP contribution in [0, 0.1) is 5.41 Å². The Morgan fingerprint density at radius 1 is 1.29 bits per heavy atom. The highest BCUT2D eigenvalue weighted by atomic mass is 16.3. The maximum atomic E-state index is 12.4. The van der Waals surface area contributed by atoms with Gasteiger partial charge in [0.1, 0.15) is 11.8 Å². The van der Waals surface area contributed by atoms with Gasteiger partial charge in [-0.1, -0.05) is 32.9 Å². The first kappa shape index (κ1) is 15.4. The summed E-state index contributed by atoms with van der Waals surface area (Å²) in [6.07, 6.45) is 1.47. The van der Waals surface area contributed by atoms with Gasteiger partial charge in [-0.3, -0.25) is 9.59 Å². The van der Waals surface area contributed by atoms with Gasteiger partial charge in [-0.15, -0.1) is 0 Å². The van der Waals surface area contributed by atoms with Crippen LogP contribution >= 0.6 is 0 Å². The van der Waals surface area contributed by atoms with Crippen LogP contribution in [-0.4, -0.2) is 34.4 Å². The summed E-state index contributed by atoms with van der Waals surface area (Å²) < 4.78 is 0. The van der Waals surface area contributed by atoms with Gasteiger partial charge in [0.2, 0.25) is 11.8 Å². The molecular formula is C16H22N2O3. The molecule has 1 aliphatic rings. The third kappa shape index (κ3) is 3.35. The number of anilines is 1. The summed E-state index contributed by atoms with van der Waals surface area (Å²) in [6.45, 7) is 6.16. The number of nitrogens with zero attached hydrogens (tertiary/aromatic N) is 1. The largest absolute Gasteiger partial charge is 0.506 e. The fourth-order valence-corrected chi connectivity index (χ4v) is 2.51. The molecule has 114 valence electrons. The highest BCUT2D eigenvalue weighted by molar-refractivity contribution is 5.99. The Bertz CT molecular complexity index is 549. The number of phenols is 1. The topological polar surface area (TPSA) is 69.6 Å². The van der Waals surface area contributed by atoms with Gasteiger partial charge in [-0.25, -0.2) is 0 Å². The zero-order valence-electron chi connectivity index (χ0n) is 12.7. The molecule has 0 saturated carbocycles. The van der Waals surface area contributed by atoms with Crippen molar-refractivity contribution in [2.24, 2.45) is 5.41 Å². The number of hydrogen-bond donors (Lipinski definition) is 2. The minimum absolute atomic E-state index is 0.0163. The maximum absolute atomic E-state index is 12.4. The van der Waals surface area contributed by atoms with Crippen molar-refractivity contribution in [2.75, 3.05) is 11.9 Å². The molecule has 0 bridgehead atoms. The van der Waals surface area contributed by atoms with E-state index in [1.165, 1.54) is 6.07 Å². The molecule has 1 atom stereocenters. The summed E-state index contributed by atoms with van der Waals surface area (Å²) in [4.78, 5) is 26.4. The Hall–Kier alpha value is -2.04. The molecule has 21 heavy (non-hydrogen) atoms. The van der Waals surface area contributed by atoms with Crippen molar-refractivity contribution < 1.29 is 14.7 Å². The first-order chi connectivity index (χ1) is 9.80. The van der Waals surface area contributed by atoms with Crippen LogP contribution in [0.1, 0.15) is 33.6 Å². The summed E-state index contributed by atoms with van der Waals surface area (Å²) in [5, 5.41) is 12.4. The number of carbonyl (C=O) groups is 2. The predicted molar refractivity (Wildman–Crippen MR) is 80.9 cm³/mol. The lowest BCUT2D eigenvalue weighted by Gasteiger charge is -2.30. The number of phenolic OH excluding ortho intramolecular Hbond substituents is 1. The summed E-state index contributed by atoms with van der Waals surface area (Å²) >= 11 is 0. The quantitative estimate of drug-likeness (QED) is 0.822. The van der Waals surface area contributed by atoms with Crippen LogP contribution in [0.2, 0.25) is 0 Å². The Balaban J connectivity index is 2.12. The van der Waals surface area contributed by atoms with Crippen LogP contribution in [0.3, 0.4) is 0 Å². The van der Waals surface area contributed by atoms with Gasteiger partial charge in [0, 0.05) is 12.0 Å². The van der Waals surface area contributed by atoms with Crippen molar-refractivity contribution >= 4 is 17.5 Å². The number of likely N-dealkylation sites (tertiary alicyclic amines) is 1. The molecule has 1 unspecified atom stereocenters. The second kappa shape index (κ2) is 5.76. The molecule has 1 saturated heterocycles. The minimum Gasteiger partial charge on any atom is -0.506 e. The van der Waals surface area contributed by atoms with Crippen LogP contribution < -0.4 is 5.32 Å². The molecule has 2 amide bonds. The van der Waals surface area contributed by atoms with Crippen LogP contribution in [0.4, 0.5) is 5.69 Å². The molecule has 2 rings (SSSR count). The van der Waals surface area contributed by atoms with E-state index in [0.717, 1.165) is 6.42 Å². The maximum Gasteiger partial charge on any atom is 0.247 e. The van der Waals surface area contributed by atoms with Crippen LogP contribution in [-0.2, 0) is 9.59 Å². The van der Waals surface area contributed by atoms with Gasteiger partial charge in [-0.2, -0.15) is 0 Å². The average molecular weight is 290 g/mol. The van der Waals surface area contributed by atoms with Crippen molar-refractivity contribution in [3.05, 3.63) is 24.3 Å². The molecule has 1 aliphatic heterocycles. The molecule has 1 aromatic rings. The Morgan fingerprint density at radius 3 is 2.57 bits per heavy atom. The molecule has 0 aliphatic carbocycles. The number of hydrogen-bond acceptors (Lipinski definition) is 3. The number of aromatic hydroxyl groups is 1. The third-order valence-electron chi connectivity index (χ3n) is 3.62. The number of amides is 2. The molecule has 1 heterocycles. The fourth-order valence-electron chi connectivity index (χ4n) is 2.51. The van der Waals surface area contributed by atoms with E-state index in [1.54, 1.807) is 23.1 Å². The van der Waals surface area contributed by atoms with E-state index in [2.05, 4.69) is 5.32 Å². The van der Waals surface area contributed by atoms with Crippen molar-refractivity contribution in [1.82, 2.24) is 4.90 Å². The van der Waals surface area contributed by atoms with Gasteiger partial charge >= 0.3 is 0 Å². The van der Waals surface area contributed by atoms with E-state index in [9.17, 15) is 14.7 Å². The standard InChI is InChI=1S/C16H22N2O3/c1-16(2,3)15(21)18-10-6-8-12(18)14(20)17-11-7-4-5-9-13(11)19/h4-5,7,9,12,19H,6,8,10H2,1-3H3,(H,17,20). The Labute approximate surface area is 125 Å². The van der Waals surface area contributed by atoms with E-state index >= 15 is 0 Å². The zero-order valence-corrected chi connectivity index (χ0v) is 12.7. The van der Waals surface area contributed by atoms with Crippen molar-refractivity contribution in [1.29, 1.82) is 0 Å². The van der Waals surface area contributed by atoms with Crippen LogP contribution in [0.25, 0.3) is 0 Å². The van der Waals surface area contributed by atoms with E-state index in [0.29, 0.717) is 18.7 Å². The molecule has 5 nitrogen and oxygen atoms in total. The zero-order chi connectivity index (χ0) is 15.6. The van der Waals surface area contributed by atoms with Gasteiger partial charge in [-0.05, 0) is 25.0 Å². The average Bonchev–Trinajstić information content (AvgIpc) is 2.88. The van der Waals surface area contributed by atoms with Crippen molar-refractivity contribution in [3.63, 3.8) is 0 Å². The first-order valence-corrected chi connectivity index (χ1v) is 7.20. The second-order valence-corrected chi connectivity index (χ2v) is 6.41. The van der Waals surface area contributed by atoms with E-state index < -0.39 is 11.5 Å². The second-order valence-electron chi connectivity index (χ2n) is 6.41. The normalized spacial score (nSPS) is 18.6. The van der Waals surface area contributed by atoms with E-state index in [-0.39, 0.29) is 17.6 Å². The smallest absolute Gasteiger partial charge is 0.247 e. The van der Waals surface area contributed by atoms with E-state index in [4.69, 9.17) is 0 Å². The summed E-state index contributed by atoms with van der Waals surface area (Å²) in [6, 6.07) is 6.12. The number of rotatable bonds is 2. The number of carbonyl (C=O) groups excluding carboxylic acids is 2. The molecular weight excluding hydrogens is 268 g/mol. The highest BCUT2D eigenvalue weighted by Crippen LogP contribution is 2.27. The van der Waals surface area contributed by atoms with Gasteiger partial charge in [0.05, 0.1) is 5.69 Å². The monoisotopic (exact) mass is 290 g/mol. The lowest BCUT2D eigenvalue weighted by molar-refractivity contribution is -0.143.